The number of hydrogen-bond donors (Lipinski definition) is 1. The van der Waals surface area contributed by atoms with Crippen molar-refractivity contribution >= 4 is 27.5 Å². The van der Waals surface area contributed by atoms with E-state index in [0.717, 1.165) is 23.1 Å². The number of carbonyl (C=O) groups excluding carboxylic acids is 2. The summed E-state index contributed by atoms with van der Waals surface area (Å²) in [4.78, 5) is 28.1. The lowest BCUT2D eigenvalue weighted by Crippen LogP contribution is -2.53. The molecule has 0 heterocycles. The second-order valence-electron chi connectivity index (χ2n) is 9.81. The summed E-state index contributed by atoms with van der Waals surface area (Å²) in [5.74, 6) is -2.20. The summed E-state index contributed by atoms with van der Waals surface area (Å²) in [6.45, 7) is -1.40. The van der Waals surface area contributed by atoms with Crippen molar-refractivity contribution in [2.75, 3.05) is 17.9 Å². The van der Waals surface area contributed by atoms with Gasteiger partial charge in [-0.25, -0.2) is 12.8 Å². The van der Waals surface area contributed by atoms with Gasteiger partial charge in [-0.1, -0.05) is 72.8 Å². The molecule has 0 saturated heterocycles. The van der Waals surface area contributed by atoms with Gasteiger partial charge in [0.15, 0.2) is 0 Å². The first-order valence-electron chi connectivity index (χ1n) is 13.4. The van der Waals surface area contributed by atoms with Crippen molar-refractivity contribution in [3.05, 3.63) is 132 Å². The number of hydrogen-bond acceptors (Lipinski definition) is 4. The Hall–Kier alpha value is -4.71. The molecule has 0 aliphatic heterocycles. The van der Waals surface area contributed by atoms with E-state index >= 15 is 0 Å². The van der Waals surface area contributed by atoms with Gasteiger partial charge in [0.25, 0.3) is 10.0 Å². The predicted octanol–water partition coefficient (Wildman–Crippen LogP) is 5.43. The zero-order valence-corrected chi connectivity index (χ0v) is 24.4. The third kappa shape index (κ3) is 7.62. The number of anilines is 1. The Morgan fingerprint density at radius 3 is 2.07 bits per heavy atom. The van der Waals surface area contributed by atoms with Crippen molar-refractivity contribution in [1.29, 1.82) is 0 Å². The summed E-state index contributed by atoms with van der Waals surface area (Å²) >= 11 is 0. The lowest BCUT2D eigenvalue weighted by molar-refractivity contribution is -0.139. The SMILES string of the molecule is CNC(=O)C(Cc1ccccc1)N(Cc1ccccc1F)C(=O)CN(c1cccc(C(F)(F)F)c1)S(=O)(=O)c1ccccc1. The minimum Gasteiger partial charge on any atom is -0.357 e. The number of nitrogens with one attached hydrogen (secondary N) is 1. The number of rotatable bonds is 11. The molecular formula is C32H29F4N3O4S. The number of alkyl halides is 3. The van der Waals surface area contributed by atoms with Gasteiger partial charge in [-0.3, -0.25) is 13.9 Å². The molecule has 4 aromatic rings. The summed E-state index contributed by atoms with van der Waals surface area (Å²) in [6.07, 6.45) is -4.80. The van der Waals surface area contributed by atoms with E-state index in [1.807, 2.05) is 0 Å². The smallest absolute Gasteiger partial charge is 0.357 e. The van der Waals surface area contributed by atoms with Crippen molar-refractivity contribution in [3.8, 4) is 0 Å². The molecule has 12 heteroatoms. The molecule has 0 aromatic heterocycles. The van der Waals surface area contributed by atoms with Crippen molar-refractivity contribution in [1.82, 2.24) is 10.2 Å². The lowest BCUT2D eigenvalue weighted by atomic mass is 10.0. The van der Waals surface area contributed by atoms with Crippen LogP contribution in [0, 0.1) is 5.82 Å². The number of halogens is 4. The fourth-order valence-corrected chi connectivity index (χ4v) is 6.04. The number of sulfonamides is 1. The highest BCUT2D eigenvalue weighted by Gasteiger charge is 2.36. The number of benzene rings is 4. The van der Waals surface area contributed by atoms with E-state index in [-0.39, 0.29) is 16.9 Å². The molecule has 0 bridgehead atoms. The first-order chi connectivity index (χ1) is 20.9. The molecule has 2 amide bonds. The van der Waals surface area contributed by atoms with Gasteiger partial charge in [-0.05, 0) is 42.0 Å². The maximum Gasteiger partial charge on any atom is 0.416 e. The van der Waals surface area contributed by atoms with E-state index in [9.17, 15) is 35.6 Å². The minimum atomic E-state index is -4.79. The second kappa shape index (κ2) is 13.7. The van der Waals surface area contributed by atoms with Crippen LogP contribution >= 0.6 is 0 Å². The van der Waals surface area contributed by atoms with Gasteiger partial charge < -0.3 is 10.2 Å². The molecule has 1 unspecified atom stereocenters. The number of nitrogens with zero attached hydrogens (tertiary/aromatic N) is 2. The standard InChI is InChI=1S/C32H29F4N3O4S/c1-37-31(41)29(19-23-11-4-2-5-12-23)38(21-24-13-8-9-18-28(24)33)30(40)22-39(44(42,43)27-16-6-3-7-17-27)26-15-10-14-25(20-26)32(34,35)36/h2-18,20,29H,19,21-22H2,1H3,(H,37,41). The molecule has 230 valence electrons. The first kappa shape index (κ1) is 32.2. The Balaban J connectivity index is 1.83. The van der Waals surface area contributed by atoms with Gasteiger partial charge in [0, 0.05) is 25.6 Å². The molecule has 4 aromatic carbocycles. The average molecular weight is 628 g/mol. The second-order valence-corrected chi connectivity index (χ2v) is 11.7. The van der Waals surface area contributed by atoms with E-state index in [0.29, 0.717) is 15.9 Å². The molecule has 0 spiro atoms. The summed E-state index contributed by atoms with van der Waals surface area (Å²) in [5.41, 5.74) is -0.813. The largest absolute Gasteiger partial charge is 0.416 e. The summed E-state index contributed by atoms with van der Waals surface area (Å²) in [5, 5.41) is 2.50. The van der Waals surface area contributed by atoms with Crippen LogP contribution in [0.4, 0.5) is 23.2 Å². The molecule has 1 atom stereocenters. The molecule has 44 heavy (non-hydrogen) atoms. The Kier molecular flexibility index (Phi) is 10.0. The summed E-state index contributed by atoms with van der Waals surface area (Å²) < 4.78 is 84.0. The van der Waals surface area contributed by atoms with E-state index in [1.54, 1.807) is 42.5 Å². The van der Waals surface area contributed by atoms with Crippen LogP contribution in [-0.2, 0) is 38.8 Å². The van der Waals surface area contributed by atoms with Gasteiger partial charge in [-0.2, -0.15) is 13.2 Å². The maximum atomic E-state index is 14.8. The quantitative estimate of drug-likeness (QED) is 0.225. The van der Waals surface area contributed by atoms with Crippen LogP contribution in [0.1, 0.15) is 16.7 Å². The van der Waals surface area contributed by atoms with Crippen LogP contribution in [0.15, 0.2) is 114 Å². The topological polar surface area (TPSA) is 86.8 Å². The first-order valence-corrected chi connectivity index (χ1v) is 14.9. The molecule has 0 saturated carbocycles. The predicted molar refractivity (Wildman–Crippen MR) is 157 cm³/mol. The molecule has 0 aliphatic rings. The Bertz CT molecular complexity index is 1700. The summed E-state index contributed by atoms with van der Waals surface area (Å²) in [6, 6.07) is 23.6. The fraction of sp³-hybridized carbons (Fsp3) is 0.188. The molecular weight excluding hydrogens is 598 g/mol. The Morgan fingerprint density at radius 2 is 1.45 bits per heavy atom. The van der Waals surface area contributed by atoms with Crippen molar-refractivity contribution in [2.24, 2.45) is 0 Å². The zero-order chi connectivity index (χ0) is 31.9. The van der Waals surface area contributed by atoms with Crippen LogP contribution in [0.25, 0.3) is 0 Å². The normalized spacial score (nSPS) is 12.3. The minimum absolute atomic E-state index is 0.00427. The highest BCUT2D eigenvalue weighted by Crippen LogP contribution is 2.33. The lowest BCUT2D eigenvalue weighted by Gasteiger charge is -2.33. The average Bonchev–Trinajstić information content (AvgIpc) is 3.02. The van der Waals surface area contributed by atoms with Crippen LogP contribution in [0.3, 0.4) is 0 Å². The van der Waals surface area contributed by atoms with Crippen LogP contribution in [-0.4, -0.2) is 44.8 Å². The molecule has 0 radical (unpaired) electrons. The third-order valence-corrected chi connectivity index (χ3v) is 8.68. The van der Waals surface area contributed by atoms with E-state index in [2.05, 4.69) is 5.32 Å². The zero-order valence-electron chi connectivity index (χ0n) is 23.5. The van der Waals surface area contributed by atoms with Gasteiger partial charge >= 0.3 is 6.18 Å². The molecule has 0 aliphatic carbocycles. The van der Waals surface area contributed by atoms with Crippen molar-refractivity contribution < 1.29 is 35.6 Å². The Morgan fingerprint density at radius 1 is 0.841 bits per heavy atom. The molecule has 4 rings (SSSR count). The Labute approximate surface area is 252 Å². The van der Waals surface area contributed by atoms with Crippen LogP contribution in [0.5, 0.6) is 0 Å². The highest BCUT2D eigenvalue weighted by atomic mass is 32.2. The van der Waals surface area contributed by atoms with Gasteiger partial charge in [0.05, 0.1) is 16.1 Å². The molecule has 0 fully saturated rings. The number of carbonyl (C=O) groups is 2. The number of amides is 2. The van der Waals surface area contributed by atoms with Crippen LogP contribution < -0.4 is 9.62 Å². The van der Waals surface area contributed by atoms with Gasteiger partial charge in [0.2, 0.25) is 11.8 Å². The van der Waals surface area contributed by atoms with Crippen LogP contribution in [0.2, 0.25) is 0 Å². The molecule has 7 nitrogen and oxygen atoms in total. The third-order valence-electron chi connectivity index (χ3n) is 6.89. The van der Waals surface area contributed by atoms with Crippen molar-refractivity contribution in [3.63, 3.8) is 0 Å². The maximum absolute atomic E-state index is 14.8. The monoisotopic (exact) mass is 627 g/mol. The fourth-order valence-electron chi connectivity index (χ4n) is 4.62. The molecule has 1 N–H and O–H groups in total. The van der Waals surface area contributed by atoms with E-state index < -0.39 is 64.2 Å². The summed E-state index contributed by atoms with van der Waals surface area (Å²) in [7, 11) is -3.23. The van der Waals surface area contributed by atoms with Crippen molar-refractivity contribution in [2.45, 2.75) is 30.1 Å². The van der Waals surface area contributed by atoms with Gasteiger partial charge in [0.1, 0.15) is 18.4 Å². The van der Waals surface area contributed by atoms with E-state index in [1.165, 1.54) is 49.5 Å². The van der Waals surface area contributed by atoms with Gasteiger partial charge in [-0.15, -0.1) is 0 Å². The highest BCUT2D eigenvalue weighted by molar-refractivity contribution is 7.92. The van der Waals surface area contributed by atoms with E-state index in [4.69, 9.17) is 0 Å². The number of likely N-dealkylation sites (N-methyl/N-ethyl adjacent to an activating group) is 1.